The van der Waals surface area contributed by atoms with E-state index in [2.05, 4.69) is 55.5 Å². The fraction of sp³-hybridized carbons (Fsp3) is 0.0714. The zero-order valence-electron chi connectivity index (χ0n) is 8.27. The SMILES string of the molecule is C[C](c1ccccc1)c1ccccc1. The van der Waals surface area contributed by atoms with E-state index in [9.17, 15) is 0 Å². The Kier molecular flexibility index (Phi) is 2.64. The highest BCUT2D eigenvalue weighted by molar-refractivity contribution is 5.43. The Morgan fingerprint density at radius 1 is 0.643 bits per heavy atom. The summed E-state index contributed by atoms with van der Waals surface area (Å²) in [6, 6.07) is 20.9. The van der Waals surface area contributed by atoms with Crippen LogP contribution in [-0.4, -0.2) is 0 Å². The number of hydrogen-bond acceptors (Lipinski definition) is 0. The number of benzene rings is 2. The van der Waals surface area contributed by atoms with Crippen molar-refractivity contribution in [3.8, 4) is 0 Å². The van der Waals surface area contributed by atoms with Crippen LogP contribution in [0.25, 0.3) is 0 Å². The van der Waals surface area contributed by atoms with Crippen molar-refractivity contribution < 1.29 is 0 Å². The predicted octanol–water partition coefficient (Wildman–Crippen LogP) is 3.68. The Balaban J connectivity index is 2.30. The van der Waals surface area contributed by atoms with Crippen LogP contribution in [-0.2, 0) is 0 Å². The maximum atomic E-state index is 2.16. The molecule has 14 heavy (non-hydrogen) atoms. The van der Waals surface area contributed by atoms with E-state index in [0.717, 1.165) is 0 Å². The second kappa shape index (κ2) is 4.10. The fourth-order valence-electron chi connectivity index (χ4n) is 1.54. The molecule has 0 heterocycles. The molecular formula is C14H13. The van der Waals surface area contributed by atoms with Gasteiger partial charge in [-0.3, -0.25) is 0 Å². The predicted molar refractivity (Wildman–Crippen MR) is 60.0 cm³/mol. The molecule has 1 radical (unpaired) electrons. The van der Waals surface area contributed by atoms with Crippen LogP contribution < -0.4 is 0 Å². The largest absolute Gasteiger partial charge is 0.0622 e. The molecular weight excluding hydrogens is 168 g/mol. The van der Waals surface area contributed by atoms with Gasteiger partial charge in [-0.25, -0.2) is 0 Å². The minimum absolute atomic E-state index is 1.29. The van der Waals surface area contributed by atoms with Gasteiger partial charge in [-0.2, -0.15) is 0 Å². The molecule has 0 heteroatoms. The van der Waals surface area contributed by atoms with E-state index >= 15 is 0 Å². The molecule has 0 amide bonds. The van der Waals surface area contributed by atoms with Gasteiger partial charge in [0.15, 0.2) is 0 Å². The topological polar surface area (TPSA) is 0 Å². The van der Waals surface area contributed by atoms with Crippen molar-refractivity contribution in [1.82, 2.24) is 0 Å². The monoisotopic (exact) mass is 181 g/mol. The number of rotatable bonds is 2. The molecule has 0 N–H and O–H groups in total. The first kappa shape index (κ1) is 9.01. The highest BCUT2D eigenvalue weighted by Gasteiger charge is 2.06. The van der Waals surface area contributed by atoms with E-state index in [1.54, 1.807) is 0 Å². The molecule has 0 aliphatic rings. The molecule has 0 bridgehead atoms. The van der Waals surface area contributed by atoms with Crippen LogP contribution >= 0.6 is 0 Å². The highest BCUT2D eigenvalue weighted by atomic mass is 14.1. The molecule has 0 aliphatic carbocycles. The molecule has 0 aliphatic heterocycles. The second-order valence-electron chi connectivity index (χ2n) is 3.36. The molecule has 0 spiro atoms. The van der Waals surface area contributed by atoms with E-state index < -0.39 is 0 Å². The third-order valence-electron chi connectivity index (χ3n) is 2.41. The molecule has 0 nitrogen and oxygen atoms in total. The molecule has 0 saturated carbocycles. The van der Waals surface area contributed by atoms with Crippen molar-refractivity contribution in [3.05, 3.63) is 77.7 Å². The average molecular weight is 181 g/mol. The van der Waals surface area contributed by atoms with Gasteiger partial charge < -0.3 is 0 Å². The smallest absolute Gasteiger partial charge is 0.0309 e. The molecule has 0 fully saturated rings. The van der Waals surface area contributed by atoms with Gasteiger partial charge in [0.25, 0.3) is 0 Å². The summed E-state index contributed by atoms with van der Waals surface area (Å²) in [7, 11) is 0. The zero-order valence-corrected chi connectivity index (χ0v) is 8.27. The van der Waals surface area contributed by atoms with E-state index in [4.69, 9.17) is 0 Å². The molecule has 2 rings (SSSR count). The lowest BCUT2D eigenvalue weighted by Gasteiger charge is -2.10. The van der Waals surface area contributed by atoms with Gasteiger partial charge in [-0.15, -0.1) is 0 Å². The average Bonchev–Trinajstić information content (AvgIpc) is 2.30. The van der Waals surface area contributed by atoms with Gasteiger partial charge in [0, 0.05) is 5.92 Å². The van der Waals surface area contributed by atoms with Gasteiger partial charge >= 0.3 is 0 Å². The first-order valence-electron chi connectivity index (χ1n) is 4.82. The maximum Gasteiger partial charge on any atom is 0.0309 e. The first-order valence-corrected chi connectivity index (χ1v) is 4.82. The lowest BCUT2D eigenvalue weighted by Crippen LogP contribution is -1.95. The van der Waals surface area contributed by atoms with Crippen LogP contribution in [0.5, 0.6) is 0 Å². The minimum atomic E-state index is 1.29. The second-order valence-corrected chi connectivity index (χ2v) is 3.36. The minimum Gasteiger partial charge on any atom is -0.0622 e. The summed E-state index contributed by atoms with van der Waals surface area (Å²) in [5.74, 6) is 1.33. The summed E-state index contributed by atoms with van der Waals surface area (Å²) >= 11 is 0. The van der Waals surface area contributed by atoms with E-state index in [1.165, 1.54) is 17.0 Å². The third kappa shape index (κ3) is 1.85. The summed E-state index contributed by atoms with van der Waals surface area (Å²) in [6.07, 6.45) is 0. The van der Waals surface area contributed by atoms with Crippen molar-refractivity contribution in [3.63, 3.8) is 0 Å². The molecule has 69 valence electrons. The van der Waals surface area contributed by atoms with Crippen molar-refractivity contribution in [2.24, 2.45) is 0 Å². The molecule has 2 aromatic carbocycles. The van der Waals surface area contributed by atoms with Gasteiger partial charge in [0.1, 0.15) is 0 Å². The first-order chi connectivity index (χ1) is 6.88. The van der Waals surface area contributed by atoms with Gasteiger partial charge in [0.2, 0.25) is 0 Å². The Labute approximate surface area is 85.2 Å². The van der Waals surface area contributed by atoms with Crippen molar-refractivity contribution in [2.75, 3.05) is 0 Å². The van der Waals surface area contributed by atoms with E-state index in [1.807, 2.05) is 12.1 Å². The highest BCUT2D eigenvalue weighted by Crippen LogP contribution is 2.21. The summed E-state index contributed by atoms with van der Waals surface area (Å²) in [5.41, 5.74) is 2.58. The van der Waals surface area contributed by atoms with Crippen LogP contribution in [0.2, 0.25) is 0 Å². The van der Waals surface area contributed by atoms with Crippen LogP contribution in [0.15, 0.2) is 60.7 Å². The standard InChI is InChI=1S/C14H13/c1-12(13-8-4-2-5-9-13)14-10-6-3-7-11-14/h2-11H,1H3. The number of hydrogen-bond donors (Lipinski definition) is 0. The van der Waals surface area contributed by atoms with Crippen molar-refractivity contribution in [2.45, 2.75) is 6.92 Å². The van der Waals surface area contributed by atoms with Crippen LogP contribution in [0.4, 0.5) is 0 Å². The summed E-state index contributed by atoms with van der Waals surface area (Å²) in [6.45, 7) is 2.16. The normalized spacial score (nSPS) is 10.4. The van der Waals surface area contributed by atoms with Crippen molar-refractivity contribution >= 4 is 0 Å². The van der Waals surface area contributed by atoms with Gasteiger partial charge in [-0.05, 0) is 11.1 Å². The third-order valence-corrected chi connectivity index (χ3v) is 2.41. The zero-order chi connectivity index (χ0) is 9.80. The Bertz CT molecular complexity index is 336. The molecule has 2 aromatic rings. The maximum absolute atomic E-state index is 2.16. The van der Waals surface area contributed by atoms with Crippen LogP contribution in [0, 0.1) is 5.92 Å². The molecule has 0 saturated heterocycles. The van der Waals surface area contributed by atoms with E-state index in [0.29, 0.717) is 0 Å². The van der Waals surface area contributed by atoms with Gasteiger partial charge in [0.05, 0.1) is 0 Å². The summed E-state index contributed by atoms with van der Waals surface area (Å²) in [4.78, 5) is 0. The molecule has 0 atom stereocenters. The Hall–Kier alpha value is -1.56. The molecule has 0 aromatic heterocycles. The Morgan fingerprint density at radius 2 is 1.00 bits per heavy atom. The lowest BCUT2D eigenvalue weighted by molar-refractivity contribution is 1.19. The van der Waals surface area contributed by atoms with Crippen molar-refractivity contribution in [1.29, 1.82) is 0 Å². The molecule has 0 unspecified atom stereocenters. The fourth-order valence-corrected chi connectivity index (χ4v) is 1.54. The summed E-state index contributed by atoms with van der Waals surface area (Å²) in [5, 5.41) is 0. The van der Waals surface area contributed by atoms with E-state index in [-0.39, 0.29) is 0 Å². The van der Waals surface area contributed by atoms with Crippen LogP contribution in [0.1, 0.15) is 18.1 Å². The van der Waals surface area contributed by atoms with Crippen LogP contribution in [0.3, 0.4) is 0 Å². The Morgan fingerprint density at radius 3 is 1.36 bits per heavy atom. The van der Waals surface area contributed by atoms with Gasteiger partial charge in [-0.1, -0.05) is 67.6 Å². The lowest BCUT2D eigenvalue weighted by atomic mass is 9.93. The summed E-state index contributed by atoms with van der Waals surface area (Å²) < 4.78 is 0. The quantitative estimate of drug-likeness (QED) is 0.663.